The number of ether oxygens (including phenoxy) is 1. The second-order valence-corrected chi connectivity index (χ2v) is 7.08. The largest absolute Gasteiger partial charge is 0.493 e. The molecule has 0 spiro atoms. The number of halogens is 1. The SMILES string of the molecule is C[C@@H](Cc1ccc2c(c1)CCO2)NC(=O)c1cc(Br)cs1. The minimum absolute atomic E-state index is 0.0114. The summed E-state index contributed by atoms with van der Waals surface area (Å²) in [6.07, 6.45) is 1.80. The van der Waals surface area contributed by atoms with E-state index in [1.807, 2.05) is 24.4 Å². The Balaban J connectivity index is 1.61. The van der Waals surface area contributed by atoms with Crippen LogP contribution in [-0.2, 0) is 12.8 Å². The summed E-state index contributed by atoms with van der Waals surface area (Å²) in [4.78, 5) is 12.8. The van der Waals surface area contributed by atoms with Gasteiger partial charge in [0.1, 0.15) is 5.75 Å². The maximum Gasteiger partial charge on any atom is 0.261 e. The van der Waals surface area contributed by atoms with Crippen molar-refractivity contribution in [1.29, 1.82) is 0 Å². The number of amides is 1. The number of carbonyl (C=O) groups excluding carboxylic acids is 1. The van der Waals surface area contributed by atoms with Crippen LogP contribution in [0.1, 0.15) is 27.7 Å². The van der Waals surface area contributed by atoms with Gasteiger partial charge in [0.2, 0.25) is 0 Å². The fourth-order valence-corrected chi connectivity index (χ4v) is 3.83. The van der Waals surface area contributed by atoms with E-state index in [1.54, 1.807) is 0 Å². The number of thiophene rings is 1. The average Bonchev–Trinajstić information content (AvgIpc) is 3.06. The first-order valence-electron chi connectivity index (χ1n) is 6.91. The number of fused-ring (bicyclic) bond motifs is 1. The molecule has 2 aromatic rings. The number of hydrogen-bond acceptors (Lipinski definition) is 3. The summed E-state index contributed by atoms with van der Waals surface area (Å²) in [6.45, 7) is 2.81. The second-order valence-electron chi connectivity index (χ2n) is 5.25. The van der Waals surface area contributed by atoms with Crippen LogP contribution in [-0.4, -0.2) is 18.6 Å². The standard InChI is InChI=1S/C16H16BrNO2S/c1-10(18-16(19)15-8-13(17)9-21-15)6-11-2-3-14-12(7-11)4-5-20-14/h2-3,7-10H,4-6H2,1H3,(H,18,19)/t10-/m0/s1. The quantitative estimate of drug-likeness (QED) is 0.894. The van der Waals surface area contributed by atoms with Crippen molar-refractivity contribution < 1.29 is 9.53 Å². The molecule has 1 N–H and O–H groups in total. The van der Waals surface area contributed by atoms with Gasteiger partial charge in [-0.1, -0.05) is 12.1 Å². The molecular weight excluding hydrogens is 350 g/mol. The summed E-state index contributed by atoms with van der Waals surface area (Å²) in [6, 6.07) is 8.24. The Morgan fingerprint density at radius 1 is 1.48 bits per heavy atom. The van der Waals surface area contributed by atoms with Crippen molar-refractivity contribution in [3.63, 3.8) is 0 Å². The highest BCUT2D eigenvalue weighted by Crippen LogP contribution is 2.26. The molecule has 21 heavy (non-hydrogen) atoms. The molecule has 0 aliphatic carbocycles. The normalized spacial score (nSPS) is 14.4. The fraction of sp³-hybridized carbons (Fsp3) is 0.312. The van der Waals surface area contributed by atoms with Gasteiger partial charge >= 0.3 is 0 Å². The average molecular weight is 366 g/mol. The lowest BCUT2D eigenvalue weighted by atomic mass is 10.0. The van der Waals surface area contributed by atoms with Gasteiger partial charge in [0.05, 0.1) is 11.5 Å². The summed E-state index contributed by atoms with van der Waals surface area (Å²) in [7, 11) is 0. The summed E-state index contributed by atoms with van der Waals surface area (Å²) >= 11 is 4.81. The lowest BCUT2D eigenvalue weighted by Gasteiger charge is -2.14. The fourth-order valence-electron chi connectivity index (χ4n) is 2.50. The van der Waals surface area contributed by atoms with Gasteiger partial charge < -0.3 is 10.1 Å². The molecule has 0 bridgehead atoms. The molecule has 0 fully saturated rings. The van der Waals surface area contributed by atoms with E-state index < -0.39 is 0 Å². The number of carbonyl (C=O) groups is 1. The van der Waals surface area contributed by atoms with Crippen LogP contribution < -0.4 is 10.1 Å². The molecule has 0 saturated heterocycles. The van der Waals surface area contributed by atoms with Gasteiger partial charge in [-0.3, -0.25) is 4.79 Å². The van der Waals surface area contributed by atoms with Crippen LogP contribution in [0.25, 0.3) is 0 Å². The molecule has 3 rings (SSSR count). The van der Waals surface area contributed by atoms with Crippen molar-refractivity contribution in [2.45, 2.75) is 25.8 Å². The van der Waals surface area contributed by atoms with Crippen molar-refractivity contribution in [2.75, 3.05) is 6.61 Å². The smallest absolute Gasteiger partial charge is 0.261 e. The first-order chi connectivity index (χ1) is 10.1. The molecule has 3 nitrogen and oxygen atoms in total. The third-order valence-corrected chi connectivity index (χ3v) is 5.15. The first-order valence-corrected chi connectivity index (χ1v) is 8.58. The van der Waals surface area contributed by atoms with Gasteiger partial charge in [-0.05, 0) is 52.5 Å². The number of nitrogens with one attached hydrogen (secondary N) is 1. The van der Waals surface area contributed by atoms with Crippen molar-refractivity contribution in [3.05, 3.63) is 50.1 Å². The lowest BCUT2D eigenvalue weighted by molar-refractivity contribution is 0.0944. The minimum atomic E-state index is -0.0114. The van der Waals surface area contributed by atoms with Crippen molar-refractivity contribution in [3.8, 4) is 5.75 Å². The van der Waals surface area contributed by atoms with Crippen LogP contribution >= 0.6 is 27.3 Å². The Labute approximate surface area is 136 Å². The summed E-state index contributed by atoms with van der Waals surface area (Å²) in [5, 5.41) is 4.96. The number of rotatable bonds is 4. The van der Waals surface area contributed by atoms with E-state index in [2.05, 4.69) is 33.4 Å². The van der Waals surface area contributed by atoms with Crippen LogP contribution in [0.4, 0.5) is 0 Å². The molecule has 1 aliphatic heterocycles. The van der Waals surface area contributed by atoms with Gasteiger partial charge in [0.15, 0.2) is 0 Å². The molecule has 1 aliphatic rings. The predicted molar refractivity (Wildman–Crippen MR) is 88.3 cm³/mol. The molecular formula is C16H16BrNO2S. The monoisotopic (exact) mass is 365 g/mol. The molecule has 0 radical (unpaired) electrons. The van der Waals surface area contributed by atoms with Crippen LogP contribution in [0, 0.1) is 0 Å². The van der Waals surface area contributed by atoms with Gasteiger partial charge in [0, 0.05) is 22.3 Å². The van der Waals surface area contributed by atoms with E-state index in [1.165, 1.54) is 22.5 Å². The summed E-state index contributed by atoms with van der Waals surface area (Å²) < 4.78 is 6.46. The van der Waals surface area contributed by atoms with E-state index in [0.29, 0.717) is 0 Å². The van der Waals surface area contributed by atoms with Crippen molar-refractivity contribution >= 4 is 33.2 Å². The van der Waals surface area contributed by atoms with E-state index >= 15 is 0 Å². The van der Waals surface area contributed by atoms with Crippen LogP contribution in [0.15, 0.2) is 34.1 Å². The van der Waals surface area contributed by atoms with Crippen molar-refractivity contribution in [1.82, 2.24) is 5.32 Å². The van der Waals surface area contributed by atoms with E-state index in [9.17, 15) is 4.79 Å². The summed E-state index contributed by atoms with van der Waals surface area (Å²) in [5.74, 6) is 0.988. The Morgan fingerprint density at radius 2 is 2.33 bits per heavy atom. The first kappa shape index (κ1) is 14.6. The molecule has 1 amide bonds. The van der Waals surface area contributed by atoms with Gasteiger partial charge in [0.25, 0.3) is 5.91 Å². The zero-order valence-electron chi connectivity index (χ0n) is 11.7. The van der Waals surface area contributed by atoms with Crippen molar-refractivity contribution in [2.24, 2.45) is 0 Å². The highest BCUT2D eigenvalue weighted by molar-refractivity contribution is 9.10. The molecule has 110 valence electrons. The lowest BCUT2D eigenvalue weighted by Crippen LogP contribution is -2.33. The zero-order chi connectivity index (χ0) is 14.8. The van der Waals surface area contributed by atoms with E-state index in [4.69, 9.17) is 4.74 Å². The number of benzene rings is 1. The molecule has 0 saturated carbocycles. The molecule has 1 aromatic carbocycles. The highest BCUT2D eigenvalue weighted by atomic mass is 79.9. The highest BCUT2D eigenvalue weighted by Gasteiger charge is 2.15. The molecule has 2 heterocycles. The maximum absolute atomic E-state index is 12.1. The van der Waals surface area contributed by atoms with Gasteiger partial charge in [-0.15, -0.1) is 11.3 Å². The zero-order valence-corrected chi connectivity index (χ0v) is 14.1. The maximum atomic E-state index is 12.1. The van der Waals surface area contributed by atoms with Crippen LogP contribution in [0.5, 0.6) is 5.75 Å². The molecule has 0 unspecified atom stereocenters. The minimum Gasteiger partial charge on any atom is -0.493 e. The Morgan fingerprint density at radius 3 is 3.10 bits per heavy atom. The Kier molecular flexibility index (Phi) is 4.31. The van der Waals surface area contributed by atoms with Gasteiger partial charge in [-0.25, -0.2) is 0 Å². The van der Waals surface area contributed by atoms with E-state index in [0.717, 1.165) is 34.5 Å². The van der Waals surface area contributed by atoms with Crippen LogP contribution in [0.3, 0.4) is 0 Å². The Bertz CT molecular complexity index is 668. The third kappa shape index (κ3) is 3.47. The third-order valence-electron chi connectivity index (χ3n) is 3.46. The Hall–Kier alpha value is -1.33. The second kappa shape index (κ2) is 6.20. The summed E-state index contributed by atoms with van der Waals surface area (Å²) in [5.41, 5.74) is 2.51. The van der Waals surface area contributed by atoms with Crippen LogP contribution in [0.2, 0.25) is 0 Å². The molecule has 1 aromatic heterocycles. The molecule has 5 heteroatoms. The number of hydrogen-bond donors (Lipinski definition) is 1. The van der Waals surface area contributed by atoms with Gasteiger partial charge in [-0.2, -0.15) is 0 Å². The topological polar surface area (TPSA) is 38.3 Å². The molecule has 1 atom stereocenters. The van der Waals surface area contributed by atoms with E-state index in [-0.39, 0.29) is 11.9 Å². The predicted octanol–water partition coefficient (Wildman–Crippen LogP) is 3.81.